The molecule has 0 aliphatic heterocycles. The number of unbranched alkanes of at least 4 members (excludes halogenated alkanes) is 1. The van der Waals surface area contributed by atoms with E-state index in [0.29, 0.717) is 27.9 Å². The summed E-state index contributed by atoms with van der Waals surface area (Å²) in [5, 5.41) is 0. The fourth-order valence-corrected chi connectivity index (χ4v) is 2.51. The summed E-state index contributed by atoms with van der Waals surface area (Å²) >= 11 is 8.45. The molecule has 2 rings (SSSR count). The van der Waals surface area contributed by atoms with Crippen LogP contribution in [-0.2, 0) is 11.3 Å². The lowest BCUT2D eigenvalue weighted by Crippen LogP contribution is -2.06. The molecule has 0 saturated carbocycles. The summed E-state index contributed by atoms with van der Waals surface area (Å²) in [5.41, 5.74) is 1.59. The van der Waals surface area contributed by atoms with E-state index in [1.165, 1.54) is 6.07 Å². The summed E-state index contributed by atoms with van der Waals surface area (Å²) in [6, 6.07) is 3.19. The van der Waals surface area contributed by atoms with E-state index in [1.807, 2.05) is 4.57 Å². The molecule has 1 aromatic carbocycles. The molecular weight excluding hydrogens is 331 g/mol. The SMILES string of the molecule is CCCCOCCn1c(=S)[nH]c2cc(F)c(Br)cc21. The third kappa shape index (κ3) is 3.43. The topological polar surface area (TPSA) is 29.9 Å². The van der Waals surface area contributed by atoms with Crippen LogP contribution in [0.5, 0.6) is 0 Å². The van der Waals surface area contributed by atoms with Gasteiger partial charge in [0.05, 0.1) is 22.1 Å². The first-order valence-corrected chi connectivity index (χ1v) is 7.49. The first-order valence-electron chi connectivity index (χ1n) is 6.28. The van der Waals surface area contributed by atoms with Crippen LogP contribution in [0, 0.1) is 10.6 Å². The molecule has 0 aliphatic carbocycles. The number of aromatic amines is 1. The molecule has 0 amide bonds. The quantitative estimate of drug-likeness (QED) is 0.619. The zero-order valence-electron chi connectivity index (χ0n) is 10.7. The Morgan fingerprint density at radius 3 is 2.95 bits per heavy atom. The fourth-order valence-electron chi connectivity index (χ4n) is 1.88. The van der Waals surface area contributed by atoms with Gasteiger partial charge in [0.15, 0.2) is 4.77 Å². The maximum Gasteiger partial charge on any atom is 0.178 e. The average molecular weight is 347 g/mol. The minimum atomic E-state index is -0.296. The number of hydrogen-bond donors (Lipinski definition) is 1. The van der Waals surface area contributed by atoms with Crippen LogP contribution in [0.2, 0.25) is 0 Å². The molecule has 104 valence electrons. The van der Waals surface area contributed by atoms with Gasteiger partial charge in [-0.05, 0) is 40.6 Å². The summed E-state index contributed by atoms with van der Waals surface area (Å²) < 4.78 is 21.9. The number of nitrogens with one attached hydrogen (secondary N) is 1. The van der Waals surface area contributed by atoms with Crippen molar-refractivity contribution in [2.45, 2.75) is 26.3 Å². The number of aromatic nitrogens is 2. The van der Waals surface area contributed by atoms with Gasteiger partial charge >= 0.3 is 0 Å². The standard InChI is InChI=1S/C13H16BrFN2OS/c1-2-3-5-18-6-4-17-12-7-9(14)10(15)8-11(12)16-13(17)19/h7-8H,2-6H2,1H3,(H,16,19). The van der Waals surface area contributed by atoms with Gasteiger partial charge in [-0.1, -0.05) is 13.3 Å². The van der Waals surface area contributed by atoms with Crippen LogP contribution in [0.4, 0.5) is 4.39 Å². The van der Waals surface area contributed by atoms with Crippen molar-refractivity contribution in [1.29, 1.82) is 0 Å². The van der Waals surface area contributed by atoms with Crippen molar-refractivity contribution < 1.29 is 9.13 Å². The molecule has 0 aliphatic rings. The molecule has 1 aromatic heterocycles. The van der Waals surface area contributed by atoms with Crippen molar-refractivity contribution in [3.63, 3.8) is 0 Å². The third-order valence-corrected chi connectivity index (χ3v) is 3.85. The van der Waals surface area contributed by atoms with Crippen molar-refractivity contribution in [3.8, 4) is 0 Å². The zero-order chi connectivity index (χ0) is 13.8. The minimum Gasteiger partial charge on any atom is -0.380 e. The number of imidazole rings is 1. The number of nitrogens with zero attached hydrogens (tertiary/aromatic N) is 1. The zero-order valence-corrected chi connectivity index (χ0v) is 13.1. The average Bonchev–Trinajstić information content (AvgIpc) is 2.66. The molecule has 2 aromatic rings. The Kier molecular flexibility index (Phi) is 5.13. The van der Waals surface area contributed by atoms with Crippen molar-refractivity contribution in [3.05, 3.63) is 27.2 Å². The summed E-state index contributed by atoms with van der Waals surface area (Å²) in [5.74, 6) is -0.296. The van der Waals surface area contributed by atoms with Gasteiger partial charge in [0, 0.05) is 19.2 Å². The first kappa shape index (κ1) is 14.7. The van der Waals surface area contributed by atoms with E-state index in [0.717, 1.165) is 25.0 Å². The van der Waals surface area contributed by atoms with E-state index < -0.39 is 0 Å². The third-order valence-electron chi connectivity index (χ3n) is 2.92. The Labute approximate surface area is 124 Å². The maximum absolute atomic E-state index is 13.4. The van der Waals surface area contributed by atoms with E-state index in [9.17, 15) is 4.39 Å². The van der Waals surface area contributed by atoms with E-state index >= 15 is 0 Å². The highest BCUT2D eigenvalue weighted by molar-refractivity contribution is 9.10. The lowest BCUT2D eigenvalue weighted by molar-refractivity contribution is 0.124. The van der Waals surface area contributed by atoms with Crippen LogP contribution in [-0.4, -0.2) is 22.8 Å². The summed E-state index contributed by atoms with van der Waals surface area (Å²) in [6.07, 6.45) is 2.19. The molecule has 0 radical (unpaired) electrons. The van der Waals surface area contributed by atoms with Crippen LogP contribution in [0.1, 0.15) is 19.8 Å². The lowest BCUT2D eigenvalue weighted by atomic mass is 10.3. The number of hydrogen-bond acceptors (Lipinski definition) is 2. The minimum absolute atomic E-state index is 0.296. The Bertz CT molecular complexity index is 623. The molecule has 1 heterocycles. The van der Waals surface area contributed by atoms with Gasteiger partial charge in [0.25, 0.3) is 0 Å². The van der Waals surface area contributed by atoms with Crippen LogP contribution in [0.15, 0.2) is 16.6 Å². The number of halogens is 2. The highest BCUT2D eigenvalue weighted by Gasteiger charge is 2.08. The van der Waals surface area contributed by atoms with Gasteiger partial charge in [-0.15, -0.1) is 0 Å². The second kappa shape index (κ2) is 6.63. The van der Waals surface area contributed by atoms with Crippen LogP contribution in [0.3, 0.4) is 0 Å². The summed E-state index contributed by atoms with van der Waals surface area (Å²) in [4.78, 5) is 3.01. The summed E-state index contributed by atoms with van der Waals surface area (Å²) in [7, 11) is 0. The molecule has 1 N–H and O–H groups in total. The molecule has 0 spiro atoms. The van der Waals surface area contributed by atoms with E-state index in [4.69, 9.17) is 17.0 Å². The van der Waals surface area contributed by atoms with Crippen molar-refractivity contribution in [2.75, 3.05) is 13.2 Å². The van der Waals surface area contributed by atoms with Crippen molar-refractivity contribution >= 4 is 39.2 Å². The number of benzene rings is 1. The maximum atomic E-state index is 13.4. The van der Waals surface area contributed by atoms with Gasteiger partial charge in [0.2, 0.25) is 0 Å². The monoisotopic (exact) mass is 346 g/mol. The Morgan fingerprint density at radius 2 is 2.21 bits per heavy atom. The number of H-pyrrole nitrogens is 1. The molecule has 0 atom stereocenters. The van der Waals surface area contributed by atoms with E-state index in [2.05, 4.69) is 27.8 Å². The molecule has 0 saturated heterocycles. The van der Waals surface area contributed by atoms with Crippen LogP contribution < -0.4 is 0 Å². The Morgan fingerprint density at radius 1 is 1.42 bits per heavy atom. The second-order valence-electron chi connectivity index (χ2n) is 4.33. The number of ether oxygens (including phenoxy) is 1. The highest BCUT2D eigenvalue weighted by atomic mass is 79.9. The van der Waals surface area contributed by atoms with Crippen LogP contribution in [0.25, 0.3) is 11.0 Å². The van der Waals surface area contributed by atoms with Crippen molar-refractivity contribution in [1.82, 2.24) is 9.55 Å². The molecule has 3 nitrogen and oxygen atoms in total. The van der Waals surface area contributed by atoms with E-state index in [-0.39, 0.29) is 5.82 Å². The number of rotatable bonds is 6. The predicted molar refractivity (Wildman–Crippen MR) is 80.5 cm³/mol. The van der Waals surface area contributed by atoms with E-state index in [1.54, 1.807) is 6.07 Å². The molecule has 0 unspecified atom stereocenters. The predicted octanol–water partition coefficient (Wildman–Crippen LogP) is 4.42. The van der Waals surface area contributed by atoms with Gasteiger partial charge in [0.1, 0.15) is 5.82 Å². The van der Waals surface area contributed by atoms with Crippen molar-refractivity contribution in [2.24, 2.45) is 0 Å². The van der Waals surface area contributed by atoms with Gasteiger partial charge in [-0.2, -0.15) is 0 Å². The lowest BCUT2D eigenvalue weighted by Gasteiger charge is -2.06. The largest absolute Gasteiger partial charge is 0.380 e. The van der Waals surface area contributed by atoms with Gasteiger partial charge < -0.3 is 14.3 Å². The highest BCUT2D eigenvalue weighted by Crippen LogP contribution is 2.23. The van der Waals surface area contributed by atoms with Crippen LogP contribution >= 0.6 is 28.1 Å². The fraction of sp³-hybridized carbons (Fsp3) is 0.462. The normalized spacial score (nSPS) is 11.3. The molecule has 0 bridgehead atoms. The Hall–Kier alpha value is -0.720. The Balaban J connectivity index is 2.16. The second-order valence-corrected chi connectivity index (χ2v) is 5.57. The smallest absolute Gasteiger partial charge is 0.178 e. The van der Waals surface area contributed by atoms with Gasteiger partial charge in [-0.3, -0.25) is 0 Å². The molecule has 6 heteroatoms. The summed E-state index contributed by atoms with van der Waals surface area (Å²) in [6.45, 7) is 4.17. The first-order chi connectivity index (χ1) is 9.13. The van der Waals surface area contributed by atoms with Gasteiger partial charge in [-0.25, -0.2) is 4.39 Å². The molecular formula is C13H16BrFN2OS. The number of fused-ring (bicyclic) bond motifs is 1. The molecule has 0 fully saturated rings. The molecule has 19 heavy (non-hydrogen) atoms.